The third-order valence-corrected chi connectivity index (χ3v) is 5.94. The van der Waals surface area contributed by atoms with E-state index >= 15 is 0 Å². The molecule has 2 amide bonds. The summed E-state index contributed by atoms with van der Waals surface area (Å²) in [7, 11) is 1.83. The van der Waals surface area contributed by atoms with Gasteiger partial charge in [-0.25, -0.2) is 4.68 Å². The zero-order valence-electron chi connectivity index (χ0n) is 18.3. The Bertz CT molecular complexity index is 1090. The number of benzene rings is 2. The second-order valence-corrected chi connectivity index (χ2v) is 8.14. The predicted molar refractivity (Wildman–Crippen MR) is 121 cm³/mol. The summed E-state index contributed by atoms with van der Waals surface area (Å²) >= 11 is 0. The van der Waals surface area contributed by atoms with E-state index in [0.717, 1.165) is 46.9 Å². The number of rotatable bonds is 6. The van der Waals surface area contributed by atoms with E-state index in [4.69, 9.17) is 0 Å². The van der Waals surface area contributed by atoms with E-state index in [0.29, 0.717) is 19.4 Å². The number of aryl methyl sites for hydroxylation is 1. The molecule has 1 fully saturated rings. The molecule has 2 aromatic carbocycles. The Balaban J connectivity index is 1.42. The molecule has 3 aromatic rings. The van der Waals surface area contributed by atoms with E-state index in [-0.39, 0.29) is 11.8 Å². The highest BCUT2D eigenvalue weighted by atomic mass is 16.2. The van der Waals surface area contributed by atoms with E-state index in [1.165, 1.54) is 0 Å². The first-order chi connectivity index (χ1) is 14.9. The molecule has 1 aliphatic heterocycles. The number of anilines is 1. The number of carbonyl (C=O) groups is 2. The van der Waals surface area contributed by atoms with Crippen LogP contribution in [0.4, 0.5) is 5.69 Å². The van der Waals surface area contributed by atoms with Crippen LogP contribution in [0.5, 0.6) is 0 Å². The minimum Gasteiger partial charge on any atom is -0.341 e. The molecule has 4 rings (SSSR count). The van der Waals surface area contributed by atoms with Crippen molar-refractivity contribution in [2.45, 2.75) is 39.7 Å². The molecular weight excluding hydrogens is 388 g/mol. The summed E-state index contributed by atoms with van der Waals surface area (Å²) in [6.45, 7) is 5.32. The van der Waals surface area contributed by atoms with Crippen LogP contribution in [0.25, 0.3) is 5.69 Å². The van der Waals surface area contributed by atoms with E-state index in [1.54, 1.807) is 4.90 Å². The summed E-state index contributed by atoms with van der Waals surface area (Å²) in [5.41, 5.74) is 5.92. The molecule has 0 radical (unpaired) electrons. The highest BCUT2D eigenvalue weighted by Crippen LogP contribution is 2.23. The summed E-state index contributed by atoms with van der Waals surface area (Å²) in [4.78, 5) is 28.3. The first kappa shape index (κ1) is 20.8. The maximum absolute atomic E-state index is 12.8. The molecule has 1 aliphatic rings. The van der Waals surface area contributed by atoms with Crippen LogP contribution >= 0.6 is 0 Å². The predicted octanol–water partition coefficient (Wildman–Crippen LogP) is 3.82. The van der Waals surface area contributed by atoms with Gasteiger partial charge in [0, 0.05) is 43.5 Å². The van der Waals surface area contributed by atoms with Crippen molar-refractivity contribution in [3.05, 3.63) is 77.1 Å². The van der Waals surface area contributed by atoms with Gasteiger partial charge in [0.05, 0.1) is 17.8 Å². The molecule has 1 saturated heterocycles. The van der Waals surface area contributed by atoms with Gasteiger partial charge in [-0.15, -0.1) is 0 Å². The molecule has 2 heterocycles. The van der Waals surface area contributed by atoms with Crippen LogP contribution < -0.4 is 4.90 Å². The molecule has 0 spiro atoms. The van der Waals surface area contributed by atoms with E-state index in [1.807, 2.05) is 85.1 Å². The number of aromatic nitrogens is 2. The summed E-state index contributed by atoms with van der Waals surface area (Å²) in [6, 6.07) is 17.8. The first-order valence-corrected chi connectivity index (χ1v) is 10.7. The number of para-hydroxylation sites is 1. The zero-order chi connectivity index (χ0) is 22.0. The van der Waals surface area contributed by atoms with Crippen LogP contribution in [0.3, 0.4) is 0 Å². The normalized spacial score (nSPS) is 13.6. The molecule has 0 N–H and O–H groups in total. The lowest BCUT2D eigenvalue weighted by Crippen LogP contribution is -2.28. The quantitative estimate of drug-likeness (QED) is 0.614. The smallest absolute Gasteiger partial charge is 0.227 e. The summed E-state index contributed by atoms with van der Waals surface area (Å²) in [5.74, 6) is 0.224. The molecule has 31 heavy (non-hydrogen) atoms. The van der Waals surface area contributed by atoms with Crippen molar-refractivity contribution in [3.8, 4) is 5.69 Å². The Morgan fingerprint density at radius 2 is 1.74 bits per heavy atom. The Morgan fingerprint density at radius 3 is 2.39 bits per heavy atom. The van der Waals surface area contributed by atoms with Gasteiger partial charge in [-0.2, -0.15) is 5.10 Å². The van der Waals surface area contributed by atoms with Gasteiger partial charge < -0.3 is 9.80 Å². The molecule has 0 atom stereocenters. The molecule has 0 unspecified atom stereocenters. The number of carbonyl (C=O) groups excluding carboxylic acids is 2. The molecule has 1 aromatic heterocycles. The molecule has 0 aliphatic carbocycles. The minimum atomic E-state index is 0.0521. The van der Waals surface area contributed by atoms with Crippen LogP contribution in [0, 0.1) is 13.8 Å². The molecule has 6 nitrogen and oxygen atoms in total. The van der Waals surface area contributed by atoms with Gasteiger partial charge in [-0.05, 0) is 50.1 Å². The minimum absolute atomic E-state index is 0.0521. The number of hydrogen-bond donors (Lipinski definition) is 0. The summed E-state index contributed by atoms with van der Waals surface area (Å²) in [6.07, 6.45) is 1.85. The first-order valence-electron chi connectivity index (χ1n) is 10.7. The number of amides is 2. The highest BCUT2D eigenvalue weighted by molar-refractivity contribution is 5.95. The van der Waals surface area contributed by atoms with Gasteiger partial charge in [0.2, 0.25) is 11.8 Å². The average molecular weight is 417 g/mol. The Kier molecular flexibility index (Phi) is 5.89. The van der Waals surface area contributed by atoms with Crippen molar-refractivity contribution in [1.29, 1.82) is 0 Å². The van der Waals surface area contributed by atoms with Crippen LogP contribution in [-0.2, 0) is 22.6 Å². The second kappa shape index (κ2) is 8.76. The molecule has 0 saturated carbocycles. The molecule has 160 valence electrons. The van der Waals surface area contributed by atoms with E-state index in [9.17, 15) is 9.59 Å². The lowest BCUT2D eigenvalue weighted by molar-refractivity contribution is -0.129. The van der Waals surface area contributed by atoms with E-state index < -0.39 is 0 Å². The van der Waals surface area contributed by atoms with Crippen molar-refractivity contribution in [3.63, 3.8) is 0 Å². The van der Waals surface area contributed by atoms with Gasteiger partial charge in [-0.1, -0.05) is 30.3 Å². The fraction of sp³-hybridized carbons (Fsp3) is 0.320. The lowest BCUT2D eigenvalue weighted by atomic mass is 10.1. The standard InChI is InChI=1S/C25H28N4O2/c1-18-23(19(2)29(26-18)22-8-5-4-6-9-22)17-27(3)25(31)16-20-11-13-21(14-12-20)28-15-7-10-24(28)30/h4-6,8-9,11-14H,7,10,15-17H2,1-3H3. The summed E-state index contributed by atoms with van der Waals surface area (Å²) in [5, 5.41) is 4.68. The van der Waals surface area contributed by atoms with Crippen molar-refractivity contribution in [2.75, 3.05) is 18.5 Å². The Labute approximate surface area is 183 Å². The summed E-state index contributed by atoms with van der Waals surface area (Å²) < 4.78 is 1.93. The van der Waals surface area contributed by atoms with Gasteiger partial charge >= 0.3 is 0 Å². The van der Waals surface area contributed by atoms with Gasteiger partial charge in [0.25, 0.3) is 0 Å². The maximum Gasteiger partial charge on any atom is 0.227 e. The monoisotopic (exact) mass is 416 g/mol. The van der Waals surface area contributed by atoms with Crippen LogP contribution in [0.1, 0.15) is 35.4 Å². The number of hydrogen-bond acceptors (Lipinski definition) is 3. The number of likely N-dealkylation sites (N-methyl/N-ethyl adjacent to an activating group) is 1. The van der Waals surface area contributed by atoms with Gasteiger partial charge in [-0.3, -0.25) is 9.59 Å². The topological polar surface area (TPSA) is 58.4 Å². The lowest BCUT2D eigenvalue weighted by Gasteiger charge is -2.19. The molecule has 0 bridgehead atoms. The van der Waals surface area contributed by atoms with E-state index in [2.05, 4.69) is 5.10 Å². The second-order valence-electron chi connectivity index (χ2n) is 8.14. The number of nitrogens with zero attached hydrogens (tertiary/aromatic N) is 4. The van der Waals surface area contributed by atoms with Crippen molar-refractivity contribution >= 4 is 17.5 Å². The van der Waals surface area contributed by atoms with Crippen LogP contribution in [0.2, 0.25) is 0 Å². The fourth-order valence-corrected chi connectivity index (χ4v) is 4.07. The molecule has 6 heteroatoms. The Morgan fingerprint density at radius 1 is 1.03 bits per heavy atom. The average Bonchev–Trinajstić information content (AvgIpc) is 3.33. The molecular formula is C25H28N4O2. The highest BCUT2D eigenvalue weighted by Gasteiger charge is 2.22. The van der Waals surface area contributed by atoms with Crippen LogP contribution in [0.15, 0.2) is 54.6 Å². The maximum atomic E-state index is 12.8. The van der Waals surface area contributed by atoms with Crippen LogP contribution in [-0.4, -0.2) is 40.1 Å². The third-order valence-electron chi connectivity index (χ3n) is 5.94. The Hall–Kier alpha value is -3.41. The zero-order valence-corrected chi connectivity index (χ0v) is 18.3. The van der Waals surface area contributed by atoms with Crippen molar-refractivity contribution < 1.29 is 9.59 Å². The third kappa shape index (κ3) is 4.38. The fourth-order valence-electron chi connectivity index (χ4n) is 4.07. The van der Waals surface area contributed by atoms with Crippen molar-refractivity contribution in [1.82, 2.24) is 14.7 Å². The van der Waals surface area contributed by atoms with Gasteiger partial charge in [0.15, 0.2) is 0 Å². The van der Waals surface area contributed by atoms with Crippen molar-refractivity contribution in [2.24, 2.45) is 0 Å². The largest absolute Gasteiger partial charge is 0.341 e. The SMILES string of the molecule is Cc1nn(-c2ccccc2)c(C)c1CN(C)C(=O)Cc1ccc(N2CCCC2=O)cc1. The van der Waals surface area contributed by atoms with Gasteiger partial charge in [0.1, 0.15) is 0 Å².